The maximum atomic E-state index is 12.0. The lowest BCUT2D eigenvalue weighted by molar-refractivity contribution is -0.119. The van der Waals surface area contributed by atoms with E-state index >= 15 is 0 Å². The Kier molecular flexibility index (Phi) is 4.30. The number of ketones is 1. The summed E-state index contributed by atoms with van der Waals surface area (Å²) < 4.78 is 0. The molecule has 0 bridgehead atoms. The topological polar surface area (TPSA) is 69.5 Å². The Morgan fingerprint density at radius 3 is 2.89 bits per heavy atom. The molecule has 1 atom stereocenters. The van der Waals surface area contributed by atoms with Crippen molar-refractivity contribution in [3.8, 4) is 6.07 Å². The second-order valence-corrected chi connectivity index (χ2v) is 4.62. The monoisotopic (exact) mass is 255 g/mol. The van der Waals surface area contributed by atoms with Crippen LogP contribution in [-0.2, 0) is 4.79 Å². The summed E-state index contributed by atoms with van der Waals surface area (Å²) in [5.41, 5.74) is 1.65. The van der Waals surface area contributed by atoms with Gasteiger partial charge in [-0.25, -0.2) is 4.98 Å². The number of aromatic nitrogens is 2. The number of nitriles is 1. The van der Waals surface area contributed by atoms with Gasteiger partial charge in [-0.05, 0) is 18.6 Å². The van der Waals surface area contributed by atoms with Crippen LogP contribution in [0.1, 0.15) is 44.3 Å². The predicted molar refractivity (Wildman–Crippen MR) is 73.6 cm³/mol. The van der Waals surface area contributed by atoms with Crippen molar-refractivity contribution in [2.45, 2.75) is 38.5 Å². The Morgan fingerprint density at radius 1 is 1.42 bits per heavy atom. The minimum atomic E-state index is -0.774. The van der Waals surface area contributed by atoms with Gasteiger partial charge in [0.2, 0.25) is 0 Å². The van der Waals surface area contributed by atoms with E-state index in [1.807, 2.05) is 24.3 Å². The number of para-hydroxylation sites is 2. The maximum absolute atomic E-state index is 12.0. The molecule has 98 valence electrons. The molecular weight excluding hydrogens is 238 g/mol. The normalized spacial score (nSPS) is 12.2. The molecule has 0 fully saturated rings. The van der Waals surface area contributed by atoms with Gasteiger partial charge in [0.25, 0.3) is 0 Å². The number of imidazole rings is 1. The van der Waals surface area contributed by atoms with Gasteiger partial charge in [-0.1, -0.05) is 31.9 Å². The molecule has 1 aromatic carbocycles. The number of carbonyl (C=O) groups excluding carboxylic acids is 1. The molecule has 1 unspecified atom stereocenters. The van der Waals surface area contributed by atoms with Crippen LogP contribution >= 0.6 is 0 Å². The summed E-state index contributed by atoms with van der Waals surface area (Å²) in [6.07, 6.45) is 3.37. The zero-order chi connectivity index (χ0) is 13.7. The fourth-order valence-corrected chi connectivity index (χ4v) is 2.09. The van der Waals surface area contributed by atoms with Crippen molar-refractivity contribution >= 4 is 16.8 Å². The first-order chi connectivity index (χ1) is 9.26. The van der Waals surface area contributed by atoms with E-state index in [2.05, 4.69) is 23.0 Å². The highest BCUT2D eigenvalue weighted by molar-refractivity contribution is 5.88. The molecule has 0 amide bonds. The van der Waals surface area contributed by atoms with Gasteiger partial charge >= 0.3 is 0 Å². The van der Waals surface area contributed by atoms with Crippen LogP contribution in [0.15, 0.2) is 24.3 Å². The summed E-state index contributed by atoms with van der Waals surface area (Å²) in [7, 11) is 0. The highest BCUT2D eigenvalue weighted by Crippen LogP contribution is 2.20. The Labute approximate surface area is 112 Å². The first-order valence-corrected chi connectivity index (χ1v) is 6.63. The number of fused-ring (bicyclic) bond motifs is 1. The molecule has 19 heavy (non-hydrogen) atoms. The molecule has 1 heterocycles. The van der Waals surface area contributed by atoms with E-state index in [9.17, 15) is 10.1 Å². The maximum Gasteiger partial charge on any atom is 0.162 e. The molecule has 1 aromatic heterocycles. The molecule has 0 aliphatic heterocycles. The van der Waals surface area contributed by atoms with Gasteiger partial charge in [0.1, 0.15) is 5.82 Å². The SMILES string of the molecule is CCCCCC(=O)C(C#N)c1nc2ccccc2[nH]1. The fourth-order valence-electron chi connectivity index (χ4n) is 2.09. The van der Waals surface area contributed by atoms with Crippen molar-refractivity contribution < 1.29 is 4.79 Å². The van der Waals surface area contributed by atoms with Crippen LogP contribution in [0.2, 0.25) is 0 Å². The number of hydrogen-bond acceptors (Lipinski definition) is 3. The van der Waals surface area contributed by atoms with Crippen molar-refractivity contribution in [2.24, 2.45) is 0 Å². The van der Waals surface area contributed by atoms with Crippen molar-refractivity contribution in [3.63, 3.8) is 0 Å². The smallest absolute Gasteiger partial charge is 0.162 e. The van der Waals surface area contributed by atoms with Gasteiger partial charge in [-0.3, -0.25) is 4.79 Å². The minimum Gasteiger partial charge on any atom is -0.340 e. The summed E-state index contributed by atoms with van der Waals surface area (Å²) in [4.78, 5) is 19.4. The van der Waals surface area contributed by atoms with Crippen molar-refractivity contribution in [1.82, 2.24) is 9.97 Å². The molecule has 0 aliphatic carbocycles. The molecule has 2 rings (SSSR count). The second-order valence-electron chi connectivity index (χ2n) is 4.62. The summed E-state index contributed by atoms with van der Waals surface area (Å²) in [5.74, 6) is -0.357. The highest BCUT2D eigenvalue weighted by Gasteiger charge is 2.22. The van der Waals surface area contributed by atoms with Gasteiger partial charge in [-0.2, -0.15) is 5.26 Å². The number of H-pyrrole nitrogens is 1. The minimum absolute atomic E-state index is 0.0463. The van der Waals surface area contributed by atoms with Crippen molar-refractivity contribution in [3.05, 3.63) is 30.1 Å². The summed E-state index contributed by atoms with van der Waals surface area (Å²) in [6, 6.07) is 9.60. The molecule has 4 nitrogen and oxygen atoms in total. The van der Waals surface area contributed by atoms with Crippen molar-refractivity contribution in [1.29, 1.82) is 5.26 Å². The third-order valence-electron chi connectivity index (χ3n) is 3.16. The second kappa shape index (κ2) is 6.14. The molecular formula is C15H17N3O. The molecule has 1 N–H and O–H groups in total. The Hall–Kier alpha value is -2.15. The average molecular weight is 255 g/mol. The van der Waals surface area contributed by atoms with Crippen LogP contribution in [-0.4, -0.2) is 15.8 Å². The number of benzene rings is 1. The lowest BCUT2D eigenvalue weighted by Crippen LogP contribution is -2.12. The number of carbonyl (C=O) groups is 1. The fraction of sp³-hybridized carbons (Fsp3) is 0.400. The summed E-state index contributed by atoms with van der Waals surface area (Å²) >= 11 is 0. The highest BCUT2D eigenvalue weighted by atomic mass is 16.1. The lowest BCUT2D eigenvalue weighted by atomic mass is 10.00. The molecule has 2 aromatic rings. The molecule has 0 aliphatic rings. The molecule has 4 heteroatoms. The summed E-state index contributed by atoms with van der Waals surface area (Å²) in [6.45, 7) is 2.09. The third kappa shape index (κ3) is 3.00. The van der Waals surface area contributed by atoms with E-state index in [1.54, 1.807) is 0 Å². The summed E-state index contributed by atoms with van der Waals surface area (Å²) in [5, 5.41) is 9.20. The van der Waals surface area contributed by atoms with E-state index in [-0.39, 0.29) is 5.78 Å². The zero-order valence-corrected chi connectivity index (χ0v) is 11.0. The van der Waals surface area contributed by atoms with Gasteiger partial charge < -0.3 is 4.98 Å². The van der Waals surface area contributed by atoms with Crippen LogP contribution in [0.3, 0.4) is 0 Å². The first kappa shape index (κ1) is 13.3. The molecule has 0 saturated heterocycles. The van der Waals surface area contributed by atoms with E-state index in [0.29, 0.717) is 12.2 Å². The van der Waals surface area contributed by atoms with Gasteiger partial charge in [0.05, 0.1) is 17.1 Å². The predicted octanol–water partition coefficient (Wildman–Crippen LogP) is 3.32. The quantitative estimate of drug-likeness (QED) is 0.805. The number of Topliss-reactive ketones (excluding diaryl/α,β-unsaturated/α-hetero) is 1. The van der Waals surface area contributed by atoms with E-state index in [1.165, 1.54) is 0 Å². The lowest BCUT2D eigenvalue weighted by Gasteiger charge is -2.04. The van der Waals surface area contributed by atoms with Gasteiger partial charge in [0.15, 0.2) is 11.7 Å². The Morgan fingerprint density at radius 2 is 2.21 bits per heavy atom. The molecule has 0 saturated carbocycles. The van der Waals surface area contributed by atoms with E-state index in [4.69, 9.17) is 0 Å². The van der Waals surface area contributed by atoms with Gasteiger partial charge in [0, 0.05) is 6.42 Å². The number of rotatable bonds is 6. The van der Waals surface area contributed by atoms with Crippen LogP contribution in [0, 0.1) is 11.3 Å². The average Bonchev–Trinajstić information content (AvgIpc) is 2.83. The van der Waals surface area contributed by atoms with Crippen molar-refractivity contribution in [2.75, 3.05) is 0 Å². The Balaban J connectivity index is 2.17. The van der Waals surface area contributed by atoms with Crippen LogP contribution in [0.5, 0.6) is 0 Å². The third-order valence-corrected chi connectivity index (χ3v) is 3.16. The standard InChI is InChI=1S/C15H17N3O/c1-2-3-4-9-14(19)11(10-16)15-17-12-7-5-6-8-13(12)18-15/h5-8,11H,2-4,9H2,1H3,(H,17,18). The zero-order valence-electron chi connectivity index (χ0n) is 11.0. The number of unbranched alkanes of at least 4 members (excludes halogenated alkanes) is 2. The van der Waals surface area contributed by atoms with Crippen LogP contribution < -0.4 is 0 Å². The largest absolute Gasteiger partial charge is 0.340 e. The number of nitrogens with one attached hydrogen (secondary N) is 1. The number of hydrogen-bond donors (Lipinski definition) is 1. The molecule has 0 spiro atoms. The van der Waals surface area contributed by atoms with Crippen LogP contribution in [0.4, 0.5) is 0 Å². The Bertz CT molecular complexity index is 576. The number of aromatic amines is 1. The van der Waals surface area contributed by atoms with E-state index < -0.39 is 5.92 Å². The van der Waals surface area contributed by atoms with Gasteiger partial charge in [-0.15, -0.1) is 0 Å². The van der Waals surface area contributed by atoms with E-state index in [0.717, 1.165) is 30.3 Å². The molecule has 0 radical (unpaired) electrons. The first-order valence-electron chi connectivity index (χ1n) is 6.63. The van der Waals surface area contributed by atoms with Crippen LogP contribution in [0.25, 0.3) is 11.0 Å². The number of nitrogens with zero attached hydrogens (tertiary/aromatic N) is 2.